The first-order valence-electron chi connectivity index (χ1n) is 5.31. The van der Waals surface area contributed by atoms with Crippen molar-refractivity contribution in [3.8, 4) is 0 Å². The van der Waals surface area contributed by atoms with E-state index in [2.05, 4.69) is 31.0 Å². The van der Waals surface area contributed by atoms with Gasteiger partial charge < -0.3 is 5.32 Å². The summed E-state index contributed by atoms with van der Waals surface area (Å²) in [6.45, 7) is 3.21. The minimum absolute atomic E-state index is 0.0856. The summed E-state index contributed by atoms with van der Waals surface area (Å²) in [7, 11) is -3.13. The molecule has 0 unspecified atom stereocenters. The Morgan fingerprint density at radius 1 is 1.41 bits per heavy atom. The van der Waals surface area contributed by atoms with Crippen molar-refractivity contribution >= 4 is 26.0 Å². The Morgan fingerprint density at radius 2 is 2.18 bits per heavy atom. The smallest absolute Gasteiger partial charge is 0.212 e. The van der Waals surface area contributed by atoms with E-state index < -0.39 is 10.0 Å². The Morgan fingerprint density at radius 3 is 2.82 bits per heavy atom. The minimum atomic E-state index is -3.13. The highest BCUT2D eigenvalue weighted by molar-refractivity contribution is 9.10. The van der Waals surface area contributed by atoms with Gasteiger partial charge in [0.25, 0.3) is 0 Å². The SMILES string of the molecule is CCNS(=O)(=O)CCNCc1cncc(Br)c1. The number of hydrogen-bond acceptors (Lipinski definition) is 4. The van der Waals surface area contributed by atoms with Crippen LogP contribution in [0.4, 0.5) is 0 Å². The van der Waals surface area contributed by atoms with Crippen molar-refractivity contribution in [1.29, 1.82) is 0 Å². The molecule has 0 aliphatic carbocycles. The van der Waals surface area contributed by atoms with Gasteiger partial charge in [0.2, 0.25) is 10.0 Å². The number of pyridine rings is 1. The van der Waals surface area contributed by atoms with E-state index in [1.807, 2.05) is 6.07 Å². The molecule has 0 saturated carbocycles. The van der Waals surface area contributed by atoms with Gasteiger partial charge in [-0.1, -0.05) is 6.92 Å². The van der Waals surface area contributed by atoms with E-state index in [1.54, 1.807) is 19.3 Å². The molecular formula is C10H16BrN3O2S. The van der Waals surface area contributed by atoms with Gasteiger partial charge in [-0.15, -0.1) is 0 Å². The Kier molecular flexibility index (Phi) is 6.04. The zero-order valence-corrected chi connectivity index (χ0v) is 12.0. The second-order valence-corrected chi connectivity index (χ2v) is 6.35. The predicted octanol–water partition coefficient (Wildman–Crippen LogP) is 0.873. The number of sulfonamides is 1. The van der Waals surface area contributed by atoms with Crippen LogP contribution in [0.25, 0.3) is 0 Å². The Labute approximate surface area is 110 Å². The average molecular weight is 322 g/mol. The highest BCUT2D eigenvalue weighted by Gasteiger charge is 2.06. The third-order valence-corrected chi connectivity index (χ3v) is 3.91. The van der Waals surface area contributed by atoms with Gasteiger partial charge in [0, 0.05) is 36.5 Å². The molecule has 0 aliphatic rings. The summed E-state index contributed by atoms with van der Waals surface area (Å²) < 4.78 is 26.0. The molecule has 1 heterocycles. The highest BCUT2D eigenvalue weighted by Crippen LogP contribution is 2.08. The molecule has 0 aromatic carbocycles. The lowest BCUT2D eigenvalue weighted by atomic mass is 10.3. The van der Waals surface area contributed by atoms with Gasteiger partial charge in [-0.2, -0.15) is 0 Å². The van der Waals surface area contributed by atoms with Crippen molar-refractivity contribution in [3.05, 3.63) is 28.5 Å². The van der Waals surface area contributed by atoms with E-state index in [9.17, 15) is 8.42 Å². The number of rotatable bonds is 7. The number of hydrogen-bond donors (Lipinski definition) is 2. The fraction of sp³-hybridized carbons (Fsp3) is 0.500. The molecule has 0 fully saturated rings. The maximum absolute atomic E-state index is 11.3. The van der Waals surface area contributed by atoms with Crippen LogP contribution >= 0.6 is 15.9 Å². The van der Waals surface area contributed by atoms with Crippen LogP contribution in [0, 0.1) is 0 Å². The van der Waals surface area contributed by atoms with Crippen LogP contribution in [0.1, 0.15) is 12.5 Å². The molecular weight excluding hydrogens is 306 g/mol. The first kappa shape index (κ1) is 14.6. The summed E-state index contributed by atoms with van der Waals surface area (Å²) in [5, 5.41) is 3.06. The molecule has 5 nitrogen and oxygen atoms in total. The normalized spacial score (nSPS) is 11.6. The monoisotopic (exact) mass is 321 g/mol. The molecule has 17 heavy (non-hydrogen) atoms. The van der Waals surface area contributed by atoms with Gasteiger partial charge in [0.1, 0.15) is 0 Å². The quantitative estimate of drug-likeness (QED) is 0.731. The molecule has 2 N–H and O–H groups in total. The van der Waals surface area contributed by atoms with E-state index >= 15 is 0 Å². The van der Waals surface area contributed by atoms with E-state index in [1.165, 1.54) is 0 Å². The van der Waals surface area contributed by atoms with Crippen LogP contribution in [0.3, 0.4) is 0 Å². The van der Waals surface area contributed by atoms with Gasteiger partial charge in [0.05, 0.1) is 5.75 Å². The molecule has 0 spiro atoms. The van der Waals surface area contributed by atoms with Crippen molar-refractivity contribution in [1.82, 2.24) is 15.0 Å². The van der Waals surface area contributed by atoms with Crippen LogP contribution in [0.15, 0.2) is 22.9 Å². The average Bonchev–Trinajstić information content (AvgIpc) is 2.24. The fourth-order valence-corrected chi connectivity index (χ4v) is 2.69. The minimum Gasteiger partial charge on any atom is -0.312 e. The van der Waals surface area contributed by atoms with Gasteiger partial charge in [-0.3, -0.25) is 4.98 Å². The number of halogens is 1. The van der Waals surface area contributed by atoms with E-state index in [0.29, 0.717) is 19.6 Å². The number of aromatic nitrogens is 1. The third-order valence-electron chi connectivity index (χ3n) is 2.00. The standard InChI is InChI=1S/C10H16BrN3O2S/c1-2-14-17(15,16)4-3-12-6-9-5-10(11)8-13-7-9/h5,7-8,12,14H,2-4,6H2,1H3. The molecule has 7 heteroatoms. The summed E-state index contributed by atoms with van der Waals surface area (Å²) in [5.41, 5.74) is 1.01. The lowest BCUT2D eigenvalue weighted by Crippen LogP contribution is -2.31. The van der Waals surface area contributed by atoms with Gasteiger partial charge in [-0.25, -0.2) is 13.1 Å². The summed E-state index contributed by atoms with van der Waals surface area (Å²) >= 11 is 3.33. The fourth-order valence-electron chi connectivity index (χ4n) is 1.28. The van der Waals surface area contributed by atoms with Crippen LogP contribution < -0.4 is 10.0 Å². The maximum Gasteiger partial charge on any atom is 0.212 e. The van der Waals surface area contributed by atoms with Gasteiger partial charge in [-0.05, 0) is 27.6 Å². The van der Waals surface area contributed by atoms with Crippen molar-refractivity contribution in [2.24, 2.45) is 0 Å². The molecule has 1 aromatic heterocycles. The summed E-state index contributed by atoms with van der Waals surface area (Å²) in [5.74, 6) is 0.0856. The third kappa shape index (κ3) is 6.11. The number of nitrogens with one attached hydrogen (secondary N) is 2. The first-order valence-corrected chi connectivity index (χ1v) is 7.75. The molecule has 0 atom stereocenters. The molecule has 1 rings (SSSR count). The Bertz CT molecular complexity index is 451. The van der Waals surface area contributed by atoms with Crippen molar-refractivity contribution in [3.63, 3.8) is 0 Å². The lowest BCUT2D eigenvalue weighted by molar-refractivity contribution is 0.578. The number of nitrogens with zero attached hydrogens (tertiary/aromatic N) is 1. The lowest BCUT2D eigenvalue weighted by Gasteiger charge is -2.06. The molecule has 96 valence electrons. The van der Waals surface area contributed by atoms with Crippen LogP contribution in [-0.2, 0) is 16.6 Å². The molecule has 1 aromatic rings. The molecule has 0 saturated heterocycles. The van der Waals surface area contributed by atoms with Crippen LogP contribution in [0.2, 0.25) is 0 Å². The molecule has 0 aliphatic heterocycles. The largest absolute Gasteiger partial charge is 0.312 e. The second-order valence-electron chi connectivity index (χ2n) is 3.50. The topological polar surface area (TPSA) is 71.1 Å². The van der Waals surface area contributed by atoms with Gasteiger partial charge >= 0.3 is 0 Å². The van der Waals surface area contributed by atoms with E-state index in [0.717, 1.165) is 10.0 Å². The molecule has 0 bridgehead atoms. The molecule has 0 radical (unpaired) electrons. The predicted molar refractivity (Wildman–Crippen MR) is 71.1 cm³/mol. The maximum atomic E-state index is 11.3. The highest BCUT2D eigenvalue weighted by atomic mass is 79.9. The van der Waals surface area contributed by atoms with Crippen LogP contribution in [0.5, 0.6) is 0 Å². The van der Waals surface area contributed by atoms with Gasteiger partial charge in [0.15, 0.2) is 0 Å². The zero-order chi connectivity index (χ0) is 12.7. The van der Waals surface area contributed by atoms with Crippen molar-refractivity contribution in [2.45, 2.75) is 13.5 Å². The van der Waals surface area contributed by atoms with Crippen LogP contribution in [-0.4, -0.2) is 32.2 Å². The summed E-state index contributed by atoms with van der Waals surface area (Å²) in [6, 6.07) is 1.94. The Hall–Kier alpha value is -0.500. The van der Waals surface area contributed by atoms with E-state index in [4.69, 9.17) is 0 Å². The van der Waals surface area contributed by atoms with Crippen molar-refractivity contribution < 1.29 is 8.42 Å². The summed E-state index contributed by atoms with van der Waals surface area (Å²) in [6.07, 6.45) is 3.45. The van der Waals surface area contributed by atoms with E-state index in [-0.39, 0.29) is 5.75 Å². The zero-order valence-electron chi connectivity index (χ0n) is 9.61. The first-order chi connectivity index (χ1) is 8.03. The molecule has 0 amide bonds. The Balaban J connectivity index is 2.29. The van der Waals surface area contributed by atoms with Crippen molar-refractivity contribution in [2.75, 3.05) is 18.8 Å². The summed E-state index contributed by atoms with van der Waals surface area (Å²) in [4.78, 5) is 4.02. The second kappa shape index (κ2) is 7.05.